The topological polar surface area (TPSA) is 32.3 Å². The van der Waals surface area contributed by atoms with Gasteiger partial charge in [0.15, 0.2) is 0 Å². The van der Waals surface area contributed by atoms with Crippen LogP contribution in [0.4, 0.5) is 5.82 Å². The average Bonchev–Trinajstić information content (AvgIpc) is 2.74. The van der Waals surface area contributed by atoms with Crippen molar-refractivity contribution in [1.82, 2.24) is 14.9 Å². The second-order valence-electron chi connectivity index (χ2n) is 4.77. The van der Waals surface area contributed by atoms with E-state index in [0.717, 1.165) is 43.2 Å². The van der Waals surface area contributed by atoms with Gasteiger partial charge in [-0.2, -0.15) is 4.98 Å². The van der Waals surface area contributed by atoms with Gasteiger partial charge in [-0.15, -0.1) is 11.8 Å². The first-order chi connectivity index (χ1) is 8.58. The number of anilines is 1. The van der Waals surface area contributed by atoms with Gasteiger partial charge in [-0.25, -0.2) is 4.98 Å². The van der Waals surface area contributed by atoms with E-state index in [1.165, 1.54) is 4.90 Å². The molecule has 0 radical (unpaired) electrons. The number of fused-ring (bicyclic) bond motifs is 1. The summed E-state index contributed by atoms with van der Waals surface area (Å²) in [6.07, 6.45) is 2.12. The molecule has 0 fully saturated rings. The molecule has 0 atom stereocenters. The van der Waals surface area contributed by atoms with Crippen LogP contribution in [0, 0.1) is 0 Å². The minimum atomic E-state index is 0.366. The first-order valence-corrected chi connectivity index (χ1v) is 7.49. The molecule has 2 heterocycles. The van der Waals surface area contributed by atoms with Crippen LogP contribution in [0.3, 0.4) is 0 Å². The number of aromatic nitrogens is 2. The van der Waals surface area contributed by atoms with Crippen molar-refractivity contribution in [3.05, 3.63) is 11.0 Å². The molecule has 1 aromatic heterocycles. The van der Waals surface area contributed by atoms with Gasteiger partial charge in [-0.3, -0.25) is 0 Å². The average molecular weight is 287 g/mol. The van der Waals surface area contributed by atoms with Gasteiger partial charge in [0.2, 0.25) is 5.28 Å². The van der Waals surface area contributed by atoms with E-state index in [0.29, 0.717) is 5.28 Å². The first kappa shape index (κ1) is 13.9. The highest BCUT2D eigenvalue weighted by molar-refractivity contribution is 7.99. The minimum absolute atomic E-state index is 0.366. The van der Waals surface area contributed by atoms with E-state index < -0.39 is 0 Å². The summed E-state index contributed by atoms with van der Waals surface area (Å²) in [6, 6.07) is 0. The molecule has 0 aliphatic carbocycles. The zero-order chi connectivity index (χ0) is 13.1. The third-order valence-electron chi connectivity index (χ3n) is 2.94. The van der Waals surface area contributed by atoms with Gasteiger partial charge in [0, 0.05) is 25.8 Å². The Hall–Kier alpha value is -0.520. The maximum absolute atomic E-state index is 5.99. The summed E-state index contributed by atoms with van der Waals surface area (Å²) in [4.78, 5) is 14.3. The van der Waals surface area contributed by atoms with E-state index in [2.05, 4.69) is 40.9 Å². The zero-order valence-electron chi connectivity index (χ0n) is 11.1. The van der Waals surface area contributed by atoms with Crippen LogP contribution in [-0.4, -0.2) is 54.9 Å². The fourth-order valence-corrected chi connectivity index (χ4v) is 3.34. The Morgan fingerprint density at radius 1 is 1.22 bits per heavy atom. The molecule has 0 spiro atoms. The van der Waals surface area contributed by atoms with Crippen LogP contribution in [0.2, 0.25) is 5.28 Å². The SMILES string of the molecule is CN(C)CCCN(C)c1nc(Cl)nc2c1SCC2. The molecule has 1 aromatic rings. The molecular formula is C12H19ClN4S. The van der Waals surface area contributed by atoms with E-state index in [9.17, 15) is 0 Å². The molecule has 6 heteroatoms. The van der Waals surface area contributed by atoms with E-state index in [1.54, 1.807) is 0 Å². The molecule has 2 rings (SSSR count). The summed E-state index contributed by atoms with van der Waals surface area (Å²) in [5.41, 5.74) is 1.11. The van der Waals surface area contributed by atoms with Crippen LogP contribution >= 0.6 is 23.4 Å². The fourth-order valence-electron chi connectivity index (χ4n) is 2.01. The van der Waals surface area contributed by atoms with E-state index in [1.807, 2.05) is 11.8 Å². The van der Waals surface area contributed by atoms with E-state index in [-0.39, 0.29) is 0 Å². The maximum Gasteiger partial charge on any atom is 0.224 e. The van der Waals surface area contributed by atoms with Gasteiger partial charge < -0.3 is 9.80 Å². The number of thioether (sulfide) groups is 1. The molecule has 4 nitrogen and oxygen atoms in total. The van der Waals surface area contributed by atoms with Crippen LogP contribution in [-0.2, 0) is 6.42 Å². The minimum Gasteiger partial charge on any atom is -0.359 e. The van der Waals surface area contributed by atoms with E-state index in [4.69, 9.17) is 11.6 Å². The molecule has 100 valence electrons. The van der Waals surface area contributed by atoms with Crippen LogP contribution in [0.15, 0.2) is 4.90 Å². The quantitative estimate of drug-likeness (QED) is 0.775. The Bertz CT molecular complexity index is 425. The molecule has 1 aliphatic heterocycles. The van der Waals surface area contributed by atoms with Gasteiger partial charge >= 0.3 is 0 Å². The maximum atomic E-state index is 5.99. The zero-order valence-corrected chi connectivity index (χ0v) is 12.7. The monoisotopic (exact) mass is 286 g/mol. The van der Waals surface area contributed by atoms with Crippen molar-refractivity contribution < 1.29 is 0 Å². The number of hydrogen-bond donors (Lipinski definition) is 0. The van der Waals surface area contributed by atoms with Crippen LogP contribution < -0.4 is 4.90 Å². The summed E-state index contributed by atoms with van der Waals surface area (Å²) in [7, 11) is 6.26. The Morgan fingerprint density at radius 3 is 2.72 bits per heavy atom. The molecule has 0 amide bonds. The number of rotatable bonds is 5. The van der Waals surface area contributed by atoms with Crippen molar-refractivity contribution in [2.24, 2.45) is 0 Å². The van der Waals surface area contributed by atoms with Crippen molar-refractivity contribution in [2.75, 3.05) is 44.9 Å². The standard InChI is InChI=1S/C12H19ClN4S/c1-16(2)6-4-7-17(3)11-10-9(5-8-18-10)14-12(13)15-11/h4-8H2,1-3H3. The van der Waals surface area contributed by atoms with Crippen molar-refractivity contribution in [1.29, 1.82) is 0 Å². The molecule has 0 unspecified atom stereocenters. The molecular weight excluding hydrogens is 268 g/mol. The van der Waals surface area contributed by atoms with Crippen LogP contribution in [0.25, 0.3) is 0 Å². The predicted molar refractivity (Wildman–Crippen MR) is 77.9 cm³/mol. The number of nitrogens with zero attached hydrogens (tertiary/aromatic N) is 4. The Kier molecular flexibility index (Phi) is 4.70. The highest BCUT2D eigenvalue weighted by Gasteiger charge is 2.21. The summed E-state index contributed by atoms with van der Waals surface area (Å²) >= 11 is 7.83. The van der Waals surface area contributed by atoms with Gasteiger partial charge in [0.05, 0.1) is 10.6 Å². The lowest BCUT2D eigenvalue weighted by molar-refractivity contribution is 0.401. The highest BCUT2D eigenvalue weighted by atomic mass is 35.5. The second-order valence-corrected chi connectivity index (χ2v) is 6.21. The lowest BCUT2D eigenvalue weighted by atomic mass is 10.3. The van der Waals surface area contributed by atoms with Gasteiger partial charge in [-0.1, -0.05) is 0 Å². The second kappa shape index (κ2) is 6.08. The van der Waals surface area contributed by atoms with Gasteiger partial charge in [0.1, 0.15) is 5.82 Å². The number of hydrogen-bond acceptors (Lipinski definition) is 5. The highest BCUT2D eigenvalue weighted by Crippen LogP contribution is 2.37. The summed E-state index contributed by atoms with van der Waals surface area (Å²) in [6.45, 7) is 2.07. The molecule has 1 aliphatic rings. The van der Waals surface area contributed by atoms with E-state index >= 15 is 0 Å². The Labute approximate surface area is 118 Å². The Balaban J connectivity index is 2.08. The third kappa shape index (κ3) is 3.28. The summed E-state index contributed by atoms with van der Waals surface area (Å²) < 4.78 is 0. The van der Waals surface area contributed by atoms with Gasteiger partial charge in [-0.05, 0) is 38.7 Å². The lowest BCUT2D eigenvalue weighted by Crippen LogP contribution is -2.24. The molecule has 0 bridgehead atoms. The van der Waals surface area contributed by atoms with Crippen LogP contribution in [0.5, 0.6) is 0 Å². The fraction of sp³-hybridized carbons (Fsp3) is 0.667. The lowest BCUT2D eigenvalue weighted by Gasteiger charge is -2.21. The normalized spacial score (nSPS) is 14.1. The van der Waals surface area contributed by atoms with Crippen molar-refractivity contribution in [3.63, 3.8) is 0 Å². The first-order valence-electron chi connectivity index (χ1n) is 6.13. The number of halogens is 1. The van der Waals surface area contributed by atoms with Crippen molar-refractivity contribution in [2.45, 2.75) is 17.7 Å². The molecule has 0 saturated heterocycles. The molecule has 0 aromatic carbocycles. The summed E-state index contributed by atoms with van der Waals surface area (Å²) in [5.74, 6) is 2.08. The van der Waals surface area contributed by atoms with Crippen molar-refractivity contribution in [3.8, 4) is 0 Å². The van der Waals surface area contributed by atoms with Crippen molar-refractivity contribution >= 4 is 29.2 Å². The largest absolute Gasteiger partial charge is 0.359 e. The smallest absolute Gasteiger partial charge is 0.224 e. The molecule has 0 N–H and O–H groups in total. The Morgan fingerprint density at radius 2 is 2.00 bits per heavy atom. The number of aryl methyl sites for hydroxylation is 1. The van der Waals surface area contributed by atoms with Gasteiger partial charge in [0.25, 0.3) is 0 Å². The summed E-state index contributed by atoms with van der Waals surface area (Å²) in [5, 5.41) is 0.366. The molecule has 0 saturated carbocycles. The third-order valence-corrected chi connectivity index (χ3v) is 4.22. The predicted octanol–water partition coefficient (Wildman–Crippen LogP) is 2.17. The van der Waals surface area contributed by atoms with Crippen LogP contribution in [0.1, 0.15) is 12.1 Å². The molecule has 18 heavy (non-hydrogen) atoms.